The van der Waals surface area contributed by atoms with Crippen LogP contribution in [-0.4, -0.2) is 6.29 Å². The molecule has 0 bridgehead atoms. The molecule has 22 heavy (non-hydrogen) atoms. The van der Waals surface area contributed by atoms with Crippen LogP contribution in [0.3, 0.4) is 0 Å². The van der Waals surface area contributed by atoms with Crippen molar-refractivity contribution in [2.75, 3.05) is 0 Å². The predicted octanol–water partition coefficient (Wildman–Crippen LogP) is 4.24. The summed E-state index contributed by atoms with van der Waals surface area (Å²) >= 11 is 0. The Morgan fingerprint density at radius 2 is 0.955 bits per heavy atom. The van der Waals surface area contributed by atoms with Crippen molar-refractivity contribution in [2.24, 2.45) is 0 Å². The summed E-state index contributed by atoms with van der Waals surface area (Å²) in [5, 5.41) is 2.79. The van der Waals surface area contributed by atoms with Crippen LogP contribution in [-0.2, 0) is 0 Å². The van der Waals surface area contributed by atoms with Crippen molar-refractivity contribution in [3.8, 4) is 0 Å². The zero-order chi connectivity index (χ0) is 14.8. The van der Waals surface area contributed by atoms with Crippen molar-refractivity contribution in [1.29, 1.82) is 0 Å². The van der Waals surface area contributed by atoms with E-state index < -0.39 is 0 Å². The van der Waals surface area contributed by atoms with Gasteiger partial charge in [-0.15, -0.1) is 12.4 Å². The summed E-state index contributed by atoms with van der Waals surface area (Å²) in [5.41, 5.74) is 0.729. The van der Waals surface area contributed by atoms with Crippen LogP contribution in [0.25, 0.3) is 0 Å². The molecule has 0 saturated carbocycles. The fraction of sp³-hybridized carbons (Fsp3) is 0. The molecule has 0 aromatic heterocycles. The Bertz CT molecular complexity index is 605. The Hall–Kier alpha value is -1.95. The first-order valence-electron chi connectivity index (χ1n) is 6.76. The molecule has 0 saturated heterocycles. The molecule has 0 aliphatic rings. The van der Waals surface area contributed by atoms with E-state index in [1.165, 1.54) is 10.6 Å². The molecule has 0 fully saturated rings. The molecule has 3 heteroatoms. The zero-order valence-electron chi connectivity index (χ0n) is 12.1. The largest absolute Gasteiger partial charge is 0.298 e. The Balaban J connectivity index is 0.000000234. The molecule has 0 aliphatic carbocycles. The second-order valence-corrected chi connectivity index (χ2v) is 5.79. The smallest absolute Gasteiger partial charge is 0.150 e. The molecule has 1 nitrogen and oxygen atoms in total. The first-order valence-corrected chi connectivity index (χ1v) is 7.76. The number of hydrogen-bond acceptors (Lipinski definition) is 1. The lowest BCUT2D eigenvalue weighted by Crippen LogP contribution is -2.01. The predicted molar refractivity (Wildman–Crippen MR) is 99.5 cm³/mol. The van der Waals surface area contributed by atoms with Crippen molar-refractivity contribution < 1.29 is 4.79 Å². The molecule has 3 rings (SSSR count). The van der Waals surface area contributed by atoms with Crippen molar-refractivity contribution in [3.63, 3.8) is 0 Å². The molecule has 0 unspecified atom stereocenters. The Morgan fingerprint density at radius 1 is 0.591 bits per heavy atom. The third-order valence-corrected chi connectivity index (χ3v) is 4.02. The van der Waals surface area contributed by atoms with E-state index in [1.54, 1.807) is 12.1 Å². The van der Waals surface area contributed by atoms with Crippen molar-refractivity contribution in [3.05, 3.63) is 96.6 Å². The topological polar surface area (TPSA) is 17.1 Å². The summed E-state index contributed by atoms with van der Waals surface area (Å²) in [6.07, 6.45) is 0.833. The summed E-state index contributed by atoms with van der Waals surface area (Å²) in [6.45, 7) is 0. The molecule has 0 amide bonds. The summed E-state index contributed by atoms with van der Waals surface area (Å²) in [7, 11) is 0.777. The van der Waals surface area contributed by atoms with E-state index in [-0.39, 0.29) is 12.4 Å². The highest BCUT2D eigenvalue weighted by Gasteiger charge is 1.92. The number of aldehydes is 1. The molecule has 112 valence electrons. The second-order valence-electron chi connectivity index (χ2n) is 4.39. The maximum absolute atomic E-state index is 10.0. The minimum atomic E-state index is 0. The van der Waals surface area contributed by atoms with Crippen LogP contribution in [0.2, 0.25) is 0 Å². The Kier molecular flexibility index (Phi) is 8.83. The average Bonchev–Trinajstić information content (AvgIpc) is 2.58. The van der Waals surface area contributed by atoms with Gasteiger partial charge in [-0.05, 0) is 10.6 Å². The number of hydrogen-bond donors (Lipinski definition) is 0. The SMILES string of the molecule is Cl.O=Cc1ccccc1.c1ccc(Pc2ccccc2)cc1. The molecule has 0 N–H and O–H groups in total. The molecule has 0 atom stereocenters. The molecule has 0 aliphatic heterocycles. The van der Waals surface area contributed by atoms with Gasteiger partial charge in [0, 0.05) is 5.56 Å². The Morgan fingerprint density at radius 3 is 1.27 bits per heavy atom. The third-order valence-electron chi connectivity index (χ3n) is 2.77. The van der Waals surface area contributed by atoms with E-state index in [0.717, 1.165) is 20.4 Å². The van der Waals surface area contributed by atoms with Gasteiger partial charge in [-0.25, -0.2) is 0 Å². The Labute approximate surface area is 139 Å². The highest BCUT2D eigenvalue weighted by molar-refractivity contribution is 7.55. The number of carbonyl (C=O) groups excluding carboxylic acids is 1. The lowest BCUT2D eigenvalue weighted by atomic mass is 10.2. The van der Waals surface area contributed by atoms with E-state index in [2.05, 4.69) is 60.7 Å². The minimum Gasteiger partial charge on any atom is -0.298 e. The first-order chi connectivity index (χ1) is 10.4. The summed E-state index contributed by atoms with van der Waals surface area (Å²) < 4.78 is 0. The van der Waals surface area contributed by atoms with Crippen LogP contribution in [0.4, 0.5) is 0 Å². The number of halogens is 1. The van der Waals surface area contributed by atoms with E-state index in [9.17, 15) is 4.79 Å². The minimum absolute atomic E-state index is 0. The molecule has 3 aromatic carbocycles. The van der Waals surface area contributed by atoms with E-state index in [1.807, 2.05) is 18.2 Å². The van der Waals surface area contributed by atoms with E-state index >= 15 is 0 Å². The average molecular weight is 329 g/mol. The van der Waals surface area contributed by atoms with Gasteiger partial charge in [-0.3, -0.25) is 4.79 Å². The van der Waals surface area contributed by atoms with E-state index in [0.29, 0.717) is 0 Å². The van der Waals surface area contributed by atoms with Crippen molar-refractivity contribution in [1.82, 2.24) is 0 Å². The molecule has 0 spiro atoms. The fourth-order valence-electron chi connectivity index (χ4n) is 1.74. The highest BCUT2D eigenvalue weighted by atomic mass is 35.5. The van der Waals surface area contributed by atoms with Gasteiger partial charge in [0.2, 0.25) is 0 Å². The first kappa shape index (κ1) is 18.1. The van der Waals surface area contributed by atoms with Crippen molar-refractivity contribution >= 4 is 37.9 Å². The summed E-state index contributed by atoms with van der Waals surface area (Å²) in [6, 6.07) is 30.2. The normalized spacial score (nSPS) is 8.91. The van der Waals surface area contributed by atoms with Gasteiger partial charge in [-0.2, -0.15) is 0 Å². The number of rotatable bonds is 3. The van der Waals surface area contributed by atoms with Crippen LogP contribution in [0, 0.1) is 0 Å². The van der Waals surface area contributed by atoms with Crippen LogP contribution in [0.15, 0.2) is 91.0 Å². The molecule has 0 radical (unpaired) electrons. The third kappa shape index (κ3) is 6.67. The van der Waals surface area contributed by atoms with Gasteiger partial charge in [0.25, 0.3) is 0 Å². The molecular formula is C19H18ClOP. The molecule has 3 aromatic rings. The van der Waals surface area contributed by atoms with Crippen LogP contribution in [0.5, 0.6) is 0 Å². The quantitative estimate of drug-likeness (QED) is 0.519. The highest BCUT2D eigenvalue weighted by Crippen LogP contribution is 2.08. The van der Waals surface area contributed by atoms with Gasteiger partial charge in [0.05, 0.1) is 0 Å². The zero-order valence-corrected chi connectivity index (χ0v) is 13.9. The number of benzene rings is 3. The maximum atomic E-state index is 10.0. The van der Waals surface area contributed by atoms with E-state index in [4.69, 9.17) is 0 Å². The van der Waals surface area contributed by atoms with Gasteiger partial charge in [0.15, 0.2) is 0 Å². The van der Waals surface area contributed by atoms with Crippen molar-refractivity contribution in [2.45, 2.75) is 0 Å². The summed E-state index contributed by atoms with van der Waals surface area (Å²) in [5.74, 6) is 0. The van der Waals surface area contributed by atoms with Gasteiger partial charge < -0.3 is 0 Å². The lowest BCUT2D eigenvalue weighted by molar-refractivity contribution is 0.112. The summed E-state index contributed by atoms with van der Waals surface area (Å²) in [4.78, 5) is 10.0. The van der Waals surface area contributed by atoms with Crippen LogP contribution < -0.4 is 10.6 Å². The van der Waals surface area contributed by atoms with Crippen LogP contribution >= 0.6 is 21.0 Å². The van der Waals surface area contributed by atoms with Gasteiger partial charge in [0.1, 0.15) is 6.29 Å². The maximum Gasteiger partial charge on any atom is 0.150 e. The van der Waals surface area contributed by atoms with Crippen LogP contribution in [0.1, 0.15) is 10.4 Å². The van der Waals surface area contributed by atoms with Gasteiger partial charge in [-0.1, -0.05) is 99.6 Å². The second kappa shape index (κ2) is 10.7. The molecule has 0 heterocycles. The monoisotopic (exact) mass is 328 g/mol. The van der Waals surface area contributed by atoms with Gasteiger partial charge >= 0.3 is 0 Å². The molecular weight excluding hydrogens is 311 g/mol. The lowest BCUT2D eigenvalue weighted by Gasteiger charge is -2.00. The fourth-order valence-corrected chi connectivity index (χ4v) is 2.79. The number of carbonyl (C=O) groups is 1. The standard InChI is InChI=1S/C12H11P.C7H6O.ClH/c1-3-7-11(8-4-1)13-12-9-5-2-6-10-12;8-6-7-4-2-1-3-5-7;/h1-10,13H;1-6H;1H.